The molecule has 0 bridgehead atoms. The van der Waals surface area contributed by atoms with E-state index in [2.05, 4.69) is 45.1 Å². The largest absolute Gasteiger partial charge is 0.462 e. The Kier molecular flexibility index (Phi) is 61.6. The van der Waals surface area contributed by atoms with E-state index < -0.39 is 6.10 Å². The van der Waals surface area contributed by atoms with Crippen LogP contribution in [-0.4, -0.2) is 37.2 Å². The summed E-state index contributed by atoms with van der Waals surface area (Å²) in [4.78, 5) is 38.4. The van der Waals surface area contributed by atoms with E-state index in [1.54, 1.807) is 0 Å². The van der Waals surface area contributed by atoms with Gasteiger partial charge in [0, 0.05) is 19.3 Å². The van der Waals surface area contributed by atoms with Crippen molar-refractivity contribution < 1.29 is 28.6 Å². The first-order valence-electron chi connectivity index (χ1n) is 33.3. The number of hydrogen-bond acceptors (Lipinski definition) is 6. The molecule has 6 nitrogen and oxygen atoms in total. The number of rotatable bonds is 62. The van der Waals surface area contributed by atoms with Crippen LogP contribution >= 0.6 is 0 Å². The molecular weight excluding hydrogens is 913 g/mol. The fourth-order valence-electron chi connectivity index (χ4n) is 10.1. The fraction of sp³-hybridized carbons (Fsp3) is 0.897. The van der Waals surface area contributed by atoms with Crippen molar-refractivity contribution in [3.05, 3.63) is 24.3 Å². The Morgan fingerprint density at radius 3 is 0.676 bits per heavy atom. The van der Waals surface area contributed by atoms with Gasteiger partial charge in [-0.2, -0.15) is 0 Å². The van der Waals surface area contributed by atoms with Crippen molar-refractivity contribution in [2.45, 2.75) is 380 Å². The van der Waals surface area contributed by atoms with Crippen LogP contribution in [0.25, 0.3) is 0 Å². The summed E-state index contributed by atoms with van der Waals surface area (Å²) in [5.41, 5.74) is 0. The minimum atomic E-state index is -0.771. The number of hydrogen-bond donors (Lipinski definition) is 0. The zero-order chi connectivity index (χ0) is 53.6. The molecule has 0 aliphatic heterocycles. The molecule has 74 heavy (non-hydrogen) atoms. The second-order valence-electron chi connectivity index (χ2n) is 22.7. The number of allylic oxidation sites excluding steroid dienone is 4. The maximum absolute atomic E-state index is 12.9. The van der Waals surface area contributed by atoms with Gasteiger partial charge in [0.05, 0.1) is 0 Å². The van der Waals surface area contributed by atoms with Crippen molar-refractivity contribution in [3.63, 3.8) is 0 Å². The molecule has 0 aromatic rings. The number of carbonyl (C=O) groups excluding carboxylic acids is 3. The summed E-state index contributed by atoms with van der Waals surface area (Å²) >= 11 is 0. The lowest BCUT2D eigenvalue weighted by Gasteiger charge is -2.18. The summed E-state index contributed by atoms with van der Waals surface area (Å²) in [6.45, 7) is 6.71. The van der Waals surface area contributed by atoms with Crippen LogP contribution in [-0.2, 0) is 28.6 Å². The molecule has 1 atom stereocenters. The highest BCUT2D eigenvalue weighted by atomic mass is 16.6. The molecule has 0 spiro atoms. The molecule has 0 aromatic carbocycles. The summed E-state index contributed by atoms with van der Waals surface area (Å²) in [7, 11) is 0. The van der Waals surface area contributed by atoms with Crippen LogP contribution in [0.3, 0.4) is 0 Å². The third-order valence-electron chi connectivity index (χ3n) is 15.2. The quantitative estimate of drug-likeness (QED) is 0.0261. The Bertz CT molecular complexity index is 1190. The zero-order valence-corrected chi connectivity index (χ0v) is 50.1. The molecule has 0 aromatic heterocycles. The number of carbonyl (C=O) groups is 3. The lowest BCUT2D eigenvalue weighted by molar-refractivity contribution is -0.167. The smallest absolute Gasteiger partial charge is 0.306 e. The molecule has 0 aliphatic rings. The second kappa shape index (κ2) is 63.4. The number of esters is 3. The zero-order valence-electron chi connectivity index (χ0n) is 50.1. The van der Waals surface area contributed by atoms with Crippen LogP contribution in [0, 0.1) is 0 Å². The van der Waals surface area contributed by atoms with Gasteiger partial charge in [0.1, 0.15) is 13.2 Å². The maximum atomic E-state index is 12.9. The third-order valence-corrected chi connectivity index (χ3v) is 15.2. The van der Waals surface area contributed by atoms with E-state index in [0.29, 0.717) is 19.3 Å². The molecule has 0 N–H and O–H groups in total. The van der Waals surface area contributed by atoms with Crippen molar-refractivity contribution in [2.24, 2.45) is 0 Å². The minimum Gasteiger partial charge on any atom is -0.462 e. The summed E-state index contributed by atoms with van der Waals surface area (Å²) < 4.78 is 17.0. The molecule has 0 saturated heterocycles. The molecule has 0 amide bonds. The summed E-state index contributed by atoms with van der Waals surface area (Å²) in [6, 6.07) is 0. The van der Waals surface area contributed by atoms with Gasteiger partial charge in [-0.3, -0.25) is 14.4 Å². The fourth-order valence-corrected chi connectivity index (χ4v) is 10.1. The van der Waals surface area contributed by atoms with Crippen LogP contribution in [0.4, 0.5) is 0 Å². The van der Waals surface area contributed by atoms with Crippen molar-refractivity contribution >= 4 is 17.9 Å². The highest BCUT2D eigenvalue weighted by Gasteiger charge is 2.19. The molecule has 1 unspecified atom stereocenters. The summed E-state index contributed by atoms with van der Waals surface area (Å²) in [5.74, 6) is -0.844. The van der Waals surface area contributed by atoms with Gasteiger partial charge in [0.15, 0.2) is 6.10 Å². The van der Waals surface area contributed by atoms with Crippen molar-refractivity contribution in [1.82, 2.24) is 0 Å². The SMILES string of the molecule is CCCCCCCCC/C=C\CCCCCCCCCC(=O)OC(COC(=O)CCCCCCCCCCCCC/C=C\CCCCCCCCCC)COC(=O)CCCCCCCCCCCCCCCCC. The lowest BCUT2D eigenvalue weighted by Crippen LogP contribution is -2.30. The van der Waals surface area contributed by atoms with Crippen molar-refractivity contribution in [1.29, 1.82) is 0 Å². The van der Waals surface area contributed by atoms with Gasteiger partial charge in [0.25, 0.3) is 0 Å². The average molecular weight is 1040 g/mol. The maximum Gasteiger partial charge on any atom is 0.306 e. The highest BCUT2D eigenvalue weighted by molar-refractivity contribution is 5.71. The first-order chi connectivity index (χ1) is 36.5. The summed E-state index contributed by atoms with van der Waals surface area (Å²) in [6.07, 6.45) is 76.2. The van der Waals surface area contributed by atoms with E-state index >= 15 is 0 Å². The first-order valence-corrected chi connectivity index (χ1v) is 33.3. The second-order valence-corrected chi connectivity index (χ2v) is 22.7. The predicted octanol–water partition coefficient (Wildman–Crippen LogP) is 22.6. The van der Waals surface area contributed by atoms with Gasteiger partial charge in [-0.15, -0.1) is 0 Å². The van der Waals surface area contributed by atoms with Crippen LogP contribution in [0.2, 0.25) is 0 Å². The van der Waals surface area contributed by atoms with E-state index in [1.807, 2.05) is 0 Å². The van der Waals surface area contributed by atoms with Crippen LogP contribution < -0.4 is 0 Å². The molecular formula is C68H128O6. The molecule has 0 aliphatic carbocycles. The van der Waals surface area contributed by atoms with Gasteiger partial charge < -0.3 is 14.2 Å². The van der Waals surface area contributed by atoms with E-state index in [0.717, 1.165) is 57.8 Å². The van der Waals surface area contributed by atoms with Crippen LogP contribution in [0.15, 0.2) is 24.3 Å². The predicted molar refractivity (Wildman–Crippen MR) is 321 cm³/mol. The van der Waals surface area contributed by atoms with Gasteiger partial charge in [0.2, 0.25) is 0 Å². The van der Waals surface area contributed by atoms with E-state index in [9.17, 15) is 14.4 Å². The Balaban J connectivity index is 4.28. The van der Waals surface area contributed by atoms with Gasteiger partial charge in [-0.1, -0.05) is 308 Å². The van der Waals surface area contributed by atoms with E-state index in [-0.39, 0.29) is 31.1 Å². The van der Waals surface area contributed by atoms with Crippen molar-refractivity contribution in [3.8, 4) is 0 Å². The van der Waals surface area contributed by atoms with Crippen LogP contribution in [0.1, 0.15) is 374 Å². The highest BCUT2D eigenvalue weighted by Crippen LogP contribution is 2.18. The topological polar surface area (TPSA) is 78.9 Å². The first kappa shape index (κ1) is 71.9. The molecule has 6 heteroatoms. The van der Waals surface area contributed by atoms with Gasteiger partial charge in [-0.25, -0.2) is 0 Å². The number of unbranched alkanes of at least 4 members (excludes halogenated alkanes) is 47. The minimum absolute atomic E-state index is 0.0678. The molecule has 0 rings (SSSR count). The van der Waals surface area contributed by atoms with Crippen LogP contribution in [0.5, 0.6) is 0 Å². The normalized spacial score (nSPS) is 12.1. The molecule has 436 valence electrons. The standard InChI is InChI=1S/C68H128O6/c1-4-7-10-13-16-19-22-25-28-30-32-33-34-35-36-38-40-43-46-49-52-55-58-61-67(70)73-64-65(63-72-66(69)60-57-54-51-48-45-42-39-27-24-21-18-15-12-9-6-3)74-68(71)62-59-56-53-50-47-44-41-37-31-29-26-23-20-17-14-11-8-5-2/h29-32,65H,4-28,33-64H2,1-3H3/b31-29-,32-30-. The molecule has 0 saturated carbocycles. The Hall–Kier alpha value is -2.11. The average Bonchev–Trinajstić information content (AvgIpc) is 3.40. The van der Waals surface area contributed by atoms with E-state index in [1.165, 1.54) is 276 Å². The third kappa shape index (κ3) is 60.8. The molecule has 0 heterocycles. The van der Waals surface area contributed by atoms with E-state index in [4.69, 9.17) is 14.2 Å². The van der Waals surface area contributed by atoms with Gasteiger partial charge in [-0.05, 0) is 70.6 Å². The Labute approximate surface area is 462 Å². The molecule has 0 fully saturated rings. The van der Waals surface area contributed by atoms with Crippen molar-refractivity contribution in [2.75, 3.05) is 13.2 Å². The number of ether oxygens (including phenoxy) is 3. The monoisotopic (exact) mass is 1040 g/mol. The Morgan fingerprint density at radius 2 is 0.446 bits per heavy atom. The lowest BCUT2D eigenvalue weighted by atomic mass is 10.0. The van der Waals surface area contributed by atoms with Gasteiger partial charge >= 0.3 is 17.9 Å². The summed E-state index contributed by atoms with van der Waals surface area (Å²) in [5, 5.41) is 0. The Morgan fingerprint density at radius 1 is 0.257 bits per heavy atom. The molecule has 0 radical (unpaired) electrons.